The maximum absolute atomic E-state index is 6.00. The van der Waals surface area contributed by atoms with Gasteiger partial charge in [-0.1, -0.05) is 161 Å². The molecule has 0 aliphatic heterocycles. The van der Waals surface area contributed by atoms with E-state index in [-0.39, 0.29) is 6.29 Å². The Labute approximate surface area is 259 Å². The summed E-state index contributed by atoms with van der Waals surface area (Å²) >= 11 is 0. The predicted molar refractivity (Wildman–Crippen MR) is 185 cm³/mol. The molecule has 0 aromatic carbocycles. The molecule has 41 heavy (non-hydrogen) atoms. The highest BCUT2D eigenvalue weighted by atomic mass is 16.7. The molecule has 0 aliphatic rings. The monoisotopic (exact) mass is 577 g/mol. The van der Waals surface area contributed by atoms with E-state index in [0.29, 0.717) is 0 Å². The van der Waals surface area contributed by atoms with E-state index < -0.39 is 0 Å². The van der Waals surface area contributed by atoms with Gasteiger partial charge in [0.2, 0.25) is 0 Å². The smallest absolute Gasteiger partial charge is 0.157 e. The van der Waals surface area contributed by atoms with Crippen molar-refractivity contribution >= 4 is 0 Å². The average Bonchev–Trinajstić information content (AvgIpc) is 2.99. The number of ether oxygens (including phenoxy) is 2. The molecule has 0 bridgehead atoms. The van der Waals surface area contributed by atoms with Crippen LogP contribution in [0.3, 0.4) is 0 Å². The van der Waals surface area contributed by atoms with Crippen molar-refractivity contribution in [3.05, 3.63) is 24.3 Å². The van der Waals surface area contributed by atoms with Crippen molar-refractivity contribution in [2.45, 2.75) is 213 Å². The summed E-state index contributed by atoms with van der Waals surface area (Å²) < 4.78 is 12.0. The van der Waals surface area contributed by atoms with Gasteiger partial charge in [-0.3, -0.25) is 0 Å². The molecule has 0 amide bonds. The lowest BCUT2D eigenvalue weighted by atomic mass is 10.1. The Kier molecular flexibility index (Phi) is 36.9. The van der Waals surface area contributed by atoms with Gasteiger partial charge in [-0.25, -0.2) is 0 Å². The van der Waals surface area contributed by atoms with Gasteiger partial charge >= 0.3 is 0 Å². The molecule has 0 rings (SSSR count). The van der Waals surface area contributed by atoms with E-state index in [0.717, 1.165) is 19.6 Å². The first-order valence-corrected chi connectivity index (χ1v) is 18.9. The van der Waals surface area contributed by atoms with Crippen LogP contribution in [0, 0.1) is 0 Å². The lowest BCUT2D eigenvalue weighted by Crippen LogP contribution is -2.17. The van der Waals surface area contributed by atoms with Crippen molar-refractivity contribution in [1.29, 1.82) is 0 Å². The van der Waals surface area contributed by atoms with Crippen LogP contribution in [0.1, 0.15) is 207 Å². The molecule has 2 heteroatoms. The van der Waals surface area contributed by atoms with E-state index in [1.807, 2.05) is 0 Å². The fourth-order valence-electron chi connectivity index (χ4n) is 5.41. The molecule has 2 nitrogen and oxygen atoms in total. The normalized spacial score (nSPS) is 12.8. The van der Waals surface area contributed by atoms with E-state index in [1.165, 1.54) is 180 Å². The summed E-state index contributed by atoms with van der Waals surface area (Å²) in [6, 6.07) is 0. The standard InChI is InChI=1S/C39H76O2/c1-4-7-9-11-13-15-17-19-21-23-25-27-29-31-33-35-37-40-39(6-3)41-38-36-34-32-30-28-26-24-22-20-18-16-14-12-10-8-5-2/h19-22,39H,4-18,23-38H2,1-3H3. The second-order valence-corrected chi connectivity index (χ2v) is 12.5. The van der Waals surface area contributed by atoms with Gasteiger partial charge in [0.1, 0.15) is 0 Å². The molecule has 0 aromatic heterocycles. The van der Waals surface area contributed by atoms with E-state index in [4.69, 9.17) is 9.47 Å². The Morgan fingerprint density at radius 2 is 0.610 bits per heavy atom. The number of allylic oxidation sites excluding steroid dienone is 4. The summed E-state index contributed by atoms with van der Waals surface area (Å²) in [7, 11) is 0. The summed E-state index contributed by atoms with van der Waals surface area (Å²) in [6.07, 6.45) is 48.4. The first-order chi connectivity index (χ1) is 20.3. The zero-order chi connectivity index (χ0) is 29.7. The van der Waals surface area contributed by atoms with Crippen LogP contribution in [-0.4, -0.2) is 19.5 Å². The van der Waals surface area contributed by atoms with E-state index in [2.05, 4.69) is 45.1 Å². The molecular weight excluding hydrogens is 500 g/mol. The molecule has 0 atom stereocenters. The minimum Gasteiger partial charge on any atom is -0.353 e. The van der Waals surface area contributed by atoms with E-state index in [1.54, 1.807) is 0 Å². The van der Waals surface area contributed by atoms with Crippen molar-refractivity contribution in [3.8, 4) is 0 Å². The molecule has 0 aliphatic carbocycles. The Balaban J connectivity index is 3.33. The van der Waals surface area contributed by atoms with Crippen LogP contribution in [0.5, 0.6) is 0 Å². The van der Waals surface area contributed by atoms with E-state index >= 15 is 0 Å². The maximum atomic E-state index is 6.00. The van der Waals surface area contributed by atoms with Gasteiger partial charge < -0.3 is 9.47 Å². The quantitative estimate of drug-likeness (QED) is 0.0424. The lowest BCUT2D eigenvalue weighted by Gasteiger charge is -2.17. The summed E-state index contributed by atoms with van der Waals surface area (Å²) in [5.74, 6) is 0. The highest BCUT2D eigenvalue weighted by molar-refractivity contribution is 4.82. The molecule has 0 radical (unpaired) electrons. The van der Waals surface area contributed by atoms with Gasteiger partial charge in [0.15, 0.2) is 6.29 Å². The van der Waals surface area contributed by atoms with Gasteiger partial charge in [0.05, 0.1) is 0 Å². The molecule has 0 N–H and O–H groups in total. The minimum absolute atomic E-state index is 0.00116. The molecule has 0 aromatic rings. The topological polar surface area (TPSA) is 18.5 Å². The number of hydrogen-bond donors (Lipinski definition) is 0. The lowest BCUT2D eigenvalue weighted by molar-refractivity contribution is -0.144. The minimum atomic E-state index is 0.00116. The SMILES string of the molecule is CCCCCCCCC=CCCCCCCCCOC(CC)OCCCCCCCCC=CCCCCCCCC. The predicted octanol–water partition coefficient (Wildman–Crippen LogP) is 13.8. The Hall–Kier alpha value is -0.600. The number of unbranched alkanes of at least 4 members (excludes halogenated alkanes) is 24. The van der Waals surface area contributed by atoms with Crippen molar-refractivity contribution in [2.75, 3.05) is 13.2 Å². The van der Waals surface area contributed by atoms with Crippen LogP contribution in [0.25, 0.3) is 0 Å². The largest absolute Gasteiger partial charge is 0.353 e. The van der Waals surface area contributed by atoms with Crippen LogP contribution < -0.4 is 0 Å². The molecule has 0 fully saturated rings. The number of rotatable bonds is 35. The zero-order valence-corrected chi connectivity index (χ0v) is 28.6. The Morgan fingerprint density at radius 1 is 0.341 bits per heavy atom. The fourth-order valence-corrected chi connectivity index (χ4v) is 5.41. The zero-order valence-electron chi connectivity index (χ0n) is 28.6. The van der Waals surface area contributed by atoms with E-state index in [9.17, 15) is 0 Å². The summed E-state index contributed by atoms with van der Waals surface area (Å²) in [4.78, 5) is 0. The van der Waals surface area contributed by atoms with Crippen LogP contribution in [0.4, 0.5) is 0 Å². The number of hydrogen-bond acceptors (Lipinski definition) is 2. The average molecular weight is 577 g/mol. The van der Waals surface area contributed by atoms with Gasteiger partial charge in [-0.05, 0) is 70.6 Å². The molecule has 0 unspecified atom stereocenters. The second kappa shape index (κ2) is 37.4. The molecule has 0 heterocycles. The maximum Gasteiger partial charge on any atom is 0.157 e. The van der Waals surface area contributed by atoms with Crippen molar-refractivity contribution in [1.82, 2.24) is 0 Å². The van der Waals surface area contributed by atoms with Gasteiger partial charge in [0.25, 0.3) is 0 Å². The van der Waals surface area contributed by atoms with Gasteiger partial charge in [-0.2, -0.15) is 0 Å². The van der Waals surface area contributed by atoms with Crippen LogP contribution in [0.15, 0.2) is 24.3 Å². The molecule has 0 saturated carbocycles. The summed E-state index contributed by atoms with van der Waals surface area (Å²) in [5, 5.41) is 0. The van der Waals surface area contributed by atoms with Crippen LogP contribution >= 0.6 is 0 Å². The van der Waals surface area contributed by atoms with Crippen molar-refractivity contribution < 1.29 is 9.47 Å². The second-order valence-electron chi connectivity index (χ2n) is 12.5. The first-order valence-electron chi connectivity index (χ1n) is 18.9. The third-order valence-corrected chi connectivity index (χ3v) is 8.25. The summed E-state index contributed by atoms with van der Waals surface area (Å²) in [5.41, 5.74) is 0. The van der Waals surface area contributed by atoms with Crippen LogP contribution in [0.2, 0.25) is 0 Å². The third kappa shape index (κ3) is 35.5. The molecule has 0 saturated heterocycles. The van der Waals surface area contributed by atoms with Crippen molar-refractivity contribution in [3.63, 3.8) is 0 Å². The Morgan fingerprint density at radius 3 is 0.902 bits per heavy atom. The highest BCUT2D eigenvalue weighted by Crippen LogP contribution is 2.13. The van der Waals surface area contributed by atoms with Gasteiger partial charge in [-0.15, -0.1) is 0 Å². The Bertz CT molecular complexity index is 468. The first kappa shape index (κ1) is 40.4. The summed E-state index contributed by atoms with van der Waals surface area (Å²) in [6.45, 7) is 8.46. The fraction of sp³-hybridized carbons (Fsp3) is 0.897. The highest BCUT2D eigenvalue weighted by Gasteiger charge is 2.06. The van der Waals surface area contributed by atoms with Crippen molar-refractivity contribution in [2.24, 2.45) is 0 Å². The molecule has 0 spiro atoms. The van der Waals surface area contributed by atoms with Gasteiger partial charge in [0, 0.05) is 13.2 Å². The molecular formula is C39H76O2. The third-order valence-electron chi connectivity index (χ3n) is 8.25. The molecule has 244 valence electrons. The van der Waals surface area contributed by atoms with Crippen LogP contribution in [-0.2, 0) is 9.47 Å².